The molecule has 2 aromatic carbocycles. The van der Waals surface area contributed by atoms with E-state index < -0.39 is 17.9 Å². The molecule has 102 valence electrons. The predicted octanol–water partition coefficient (Wildman–Crippen LogP) is 2.77. The van der Waals surface area contributed by atoms with Crippen molar-refractivity contribution in [1.82, 2.24) is 0 Å². The second kappa shape index (κ2) is 6.02. The van der Waals surface area contributed by atoms with Crippen LogP contribution >= 0.6 is 0 Å². The normalized spacial score (nSPS) is 11.7. The minimum Gasteiger partial charge on any atom is -0.480 e. The number of carbonyl (C=O) groups is 2. The Balaban J connectivity index is 2.23. The van der Waals surface area contributed by atoms with Gasteiger partial charge in [-0.05, 0) is 30.2 Å². The zero-order valence-electron chi connectivity index (χ0n) is 10.9. The molecule has 0 spiro atoms. The Hall–Kier alpha value is -2.62. The van der Waals surface area contributed by atoms with E-state index in [1.54, 1.807) is 48.5 Å². The van der Waals surface area contributed by atoms with E-state index in [1.807, 2.05) is 13.0 Å². The zero-order valence-corrected chi connectivity index (χ0v) is 10.9. The van der Waals surface area contributed by atoms with Crippen molar-refractivity contribution in [3.8, 4) is 5.75 Å². The van der Waals surface area contributed by atoms with Crippen molar-refractivity contribution in [2.24, 2.45) is 0 Å². The van der Waals surface area contributed by atoms with E-state index >= 15 is 0 Å². The molecule has 0 bridgehead atoms. The largest absolute Gasteiger partial charge is 0.480 e. The van der Waals surface area contributed by atoms with Crippen molar-refractivity contribution >= 4 is 11.9 Å². The molecule has 0 aliphatic heterocycles. The summed E-state index contributed by atoms with van der Waals surface area (Å²) in [6, 6.07) is 15.2. The SMILES string of the molecule is Cc1cccc(OC(=O)[C@@H](C(=O)O)c2ccccc2)c1. The van der Waals surface area contributed by atoms with Crippen LogP contribution < -0.4 is 4.74 Å². The fourth-order valence-corrected chi connectivity index (χ4v) is 1.88. The molecular weight excluding hydrogens is 256 g/mol. The average Bonchev–Trinajstić information content (AvgIpc) is 2.39. The number of aliphatic carboxylic acids is 1. The fourth-order valence-electron chi connectivity index (χ4n) is 1.88. The summed E-state index contributed by atoms with van der Waals surface area (Å²) in [6.45, 7) is 1.86. The van der Waals surface area contributed by atoms with Crippen LogP contribution in [-0.2, 0) is 9.59 Å². The van der Waals surface area contributed by atoms with Gasteiger partial charge in [-0.25, -0.2) is 0 Å². The van der Waals surface area contributed by atoms with Gasteiger partial charge in [-0.1, -0.05) is 42.5 Å². The van der Waals surface area contributed by atoms with Crippen molar-refractivity contribution in [1.29, 1.82) is 0 Å². The van der Waals surface area contributed by atoms with Crippen molar-refractivity contribution in [2.45, 2.75) is 12.8 Å². The second-order valence-electron chi connectivity index (χ2n) is 4.42. The van der Waals surface area contributed by atoms with Gasteiger partial charge in [0.25, 0.3) is 0 Å². The topological polar surface area (TPSA) is 63.6 Å². The number of carboxylic acids is 1. The zero-order chi connectivity index (χ0) is 14.5. The van der Waals surface area contributed by atoms with Crippen molar-refractivity contribution < 1.29 is 19.4 Å². The molecule has 20 heavy (non-hydrogen) atoms. The van der Waals surface area contributed by atoms with E-state index in [2.05, 4.69) is 0 Å². The predicted molar refractivity (Wildman–Crippen MR) is 73.6 cm³/mol. The molecule has 0 heterocycles. The van der Waals surface area contributed by atoms with Crippen LogP contribution in [0, 0.1) is 6.92 Å². The van der Waals surface area contributed by atoms with Gasteiger partial charge in [0, 0.05) is 0 Å². The number of carbonyl (C=O) groups excluding carboxylic acids is 1. The molecule has 4 heteroatoms. The molecule has 2 aromatic rings. The maximum absolute atomic E-state index is 12.1. The van der Waals surface area contributed by atoms with Gasteiger partial charge in [0.1, 0.15) is 5.75 Å². The molecule has 0 amide bonds. The van der Waals surface area contributed by atoms with Gasteiger partial charge >= 0.3 is 11.9 Å². The Bertz CT molecular complexity index is 619. The average molecular weight is 270 g/mol. The standard InChI is InChI=1S/C16H14O4/c1-11-6-5-9-13(10-11)20-16(19)14(15(17)18)12-7-3-2-4-8-12/h2-10,14H,1H3,(H,17,18)/t14-/m1/s1. The highest BCUT2D eigenvalue weighted by molar-refractivity contribution is 6.00. The van der Waals surface area contributed by atoms with E-state index in [4.69, 9.17) is 4.74 Å². The van der Waals surface area contributed by atoms with Gasteiger partial charge in [-0.15, -0.1) is 0 Å². The first-order chi connectivity index (χ1) is 9.58. The third-order valence-electron chi connectivity index (χ3n) is 2.82. The van der Waals surface area contributed by atoms with E-state index in [0.717, 1.165) is 5.56 Å². The number of hydrogen-bond donors (Lipinski definition) is 1. The molecule has 0 radical (unpaired) electrons. The Morgan fingerprint density at radius 1 is 1.05 bits per heavy atom. The molecule has 2 rings (SSSR count). The van der Waals surface area contributed by atoms with E-state index in [-0.39, 0.29) is 0 Å². The summed E-state index contributed by atoms with van der Waals surface area (Å²) in [4.78, 5) is 23.4. The highest BCUT2D eigenvalue weighted by atomic mass is 16.5. The Kier molecular flexibility index (Phi) is 4.15. The molecule has 4 nitrogen and oxygen atoms in total. The first-order valence-electron chi connectivity index (χ1n) is 6.14. The van der Waals surface area contributed by atoms with E-state index in [0.29, 0.717) is 11.3 Å². The molecule has 0 unspecified atom stereocenters. The molecule has 0 aliphatic carbocycles. The lowest BCUT2D eigenvalue weighted by molar-refractivity contribution is -0.148. The molecule has 1 atom stereocenters. The van der Waals surface area contributed by atoms with Crippen molar-refractivity contribution in [3.05, 3.63) is 65.7 Å². The summed E-state index contributed by atoms with van der Waals surface area (Å²) in [6.07, 6.45) is 0. The van der Waals surface area contributed by atoms with Crippen LogP contribution in [0.15, 0.2) is 54.6 Å². The van der Waals surface area contributed by atoms with Gasteiger partial charge in [-0.2, -0.15) is 0 Å². The van der Waals surface area contributed by atoms with Crippen LogP contribution in [0.4, 0.5) is 0 Å². The monoisotopic (exact) mass is 270 g/mol. The number of aryl methyl sites for hydroxylation is 1. The minimum absolute atomic E-state index is 0.345. The summed E-state index contributed by atoms with van der Waals surface area (Å²) >= 11 is 0. The number of rotatable bonds is 4. The van der Waals surface area contributed by atoms with Gasteiger partial charge < -0.3 is 9.84 Å². The van der Waals surface area contributed by atoms with Crippen LogP contribution in [0.3, 0.4) is 0 Å². The lowest BCUT2D eigenvalue weighted by atomic mass is 10.00. The lowest BCUT2D eigenvalue weighted by Crippen LogP contribution is -2.26. The number of carboxylic acid groups (broad SMARTS) is 1. The minimum atomic E-state index is -1.32. The number of benzene rings is 2. The van der Waals surface area contributed by atoms with Crippen molar-refractivity contribution in [2.75, 3.05) is 0 Å². The molecule has 0 aromatic heterocycles. The van der Waals surface area contributed by atoms with Crippen LogP contribution in [0.5, 0.6) is 5.75 Å². The Morgan fingerprint density at radius 2 is 1.75 bits per heavy atom. The number of esters is 1. The van der Waals surface area contributed by atoms with Gasteiger partial charge in [0.05, 0.1) is 0 Å². The fraction of sp³-hybridized carbons (Fsp3) is 0.125. The van der Waals surface area contributed by atoms with E-state index in [9.17, 15) is 14.7 Å². The highest BCUT2D eigenvalue weighted by Crippen LogP contribution is 2.20. The molecule has 0 saturated heterocycles. The molecule has 1 N–H and O–H groups in total. The summed E-state index contributed by atoms with van der Waals surface area (Å²) in [7, 11) is 0. The maximum atomic E-state index is 12.1. The van der Waals surface area contributed by atoms with Crippen LogP contribution in [0.25, 0.3) is 0 Å². The summed E-state index contributed by atoms with van der Waals surface area (Å²) in [5.74, 6) is -3.00. The van der Waals surface area contributed by atoms with Gasteiger partial charge in [0.15, 0.2) is 5.92 Å². The van der Waals surface area contributed by atoms with Gasteiger partial charge in [-0.3, -0.25) is 9.59 Å². The third-order valence-corrected chi connectivity index (χ3v) is 2.82. The van der Waals surface area contributed by atoms with Crippen LogP contribution in [-0.4, -0.2) is 17.0 Å². The lowest BCUT2D eigenvalue weighted by Gasteiger charge is -2.12. The maximum Gasteiger partial charge on any atom is 0.330 e. The quantitative estimate of drug-likeness (QED) is 0.527. The smallest absolute Gasteiger partial charge is 0.330 e. The second-order valence-corrected chi connectivity index (χ2v) is 4.42. The first-order valence-corrected chi connectivity index (χ1v) is 6.14. The van der Waals surface area contributed by atoms with Crippen LogP contribution in [0.1, 0.15) is 17.0 Å². The summed E-state index contributed by atoms with van der Waals surface area (Å²) < 4.78 is 5.15. The molecule has 0 aliphatic rings. The number of ether oxygens (including phenoxy) is 1. The first kappa shape index (κ1) is 13.8. The number of hydrogen-bond acceptors (Lipinski definition) is 3. The Labute approximate surface area is 116 Å². The third kappa shape index (κ3) is 3.23. The van der Waals surface area contributed by atoms with Crippen molar-refractivity contribution in [3.63, 3.8) is 0 Å². The van der Waals surface area contributed by atoms with Crippen LogP contribution in [0.2, 0.25) is 0 Å². The van der Waals surface area contributed by atoms with E-state index in [1.165, 1.54) is 0 Å². The summed E-state index contributed by atoms with van der Waals surface area (Å²) in [5.41, 5.74) is 1.33. The van der Waals surface area contributed by atoms with Gasteiger partial charge in [0.2, 0.25) is 0 Å². The molecule has 0 fully saturated rings. The highest BCUT2D eigenvalue weighted by Gasteiger charge is 2.30. The molecule has 0 saturated carbocycles. The summed E-state index contributed by atoms with van der Waals surface area (Å²) in [5, 5.41) is 9.23. The molecular formula is C16H14O4. The Morgan fingerprint density at radius 3 is 2.35 bits per heavy atom.